The maximum Gasteiger partial charge on any atom is 0.509 e. The second-order valence-electron chi connectivity index (χ2n) is 6.23. The fourth-order valence-corrected chi connectivity index (χ4v) is 3.23. The predicted octanol–water partition coefficient (Wildman–Crippen LogP) is 4.97. The van der Waals surface area contributed by atoms with Crippen molar-refractivity contribution in [2.45, 2.75) is 25.3 Å². The van der Waals surface area contributed by atoms with Crippen molar-refractivity contribution < 1.29 is 28.5 Å². The Morgan fingerprint density at radius 2 is 1.66 bits per heavy atom. The van der Waals surface area contributed by atoms with Crippen molar-refractivity contribution in [2.75, 3.05) is 31.8 Å². The van der Waals surface area contributed by atoms with Crippen molar-refractivity contribution in [2.24, 2.45) is 0 Å². The molecule has 6 nitrogen and oxygen atoms in total. The van der Waals surface area contributed by atoms with Gasteiger partial charge >= 0.3 is 12.1 Å². The molecule has 0 saturated heterocycles. The Hall–Kier alpha value is -2.12. The van der Waals surface area contributed by atoms with E-state index in [0.29, 0.717) is 18.1 Å². The molecular weight excluding hydrogens is 416 g/mol. The molecule has 0 fully saturated rings. The molecule has 0 aliphatic carbocycles. The van der Waals surface area contributed by atoms with Gasteiger partial charge in [-0.15, -0.1) is 0 Å². The van der Waals surface area contributed by atoms with Crippen molar-refractivity contribution in [3.63, 3.8) is 0 Å². The first-order chi connectivity index (χ1) is 13.9. The van der Waals surface area contributed by atoms with Crippen LogP contribution in [0.1, 0.15) is 25.3 Å². The van der Waals surface area contributed by atoms with Crippen molar-refractivity contribution in [3.05, 3.63) is 42.0 Å². The van der Waals surface area contributed by atoms with Crippen molar-refractivity contribution in [1.82, 2.24) is 0 Å². The van der Waals surface area contributed by atoms with E-state index < -0.39 is 11.7 Å². The molecule has 2 aromatic carbocycles. The lowest BCUT2D eigenvalue weighted by Crippen LogP contribution is -2.15. The van der Waals surface area contributed by atoms with E-state index in [2.05, 4.69) is 4.74 Å². The molecule has 1 unspecified atom stereocenters. The van der Waals surface area contributed by atoms with E-state index in [9.17, 15) is 9.59 Å². The summed E-state index contributed by atoms with van der Waals surface area (Å²) in [6, 6.07) is 11.7. The Morgan fingerprint density at radius 3 is 2.34 bits per heavy atom. The number of methoxy groups -OCH3 is 1. The van der Waals surface area contributed by atoms with Crippen molar-refractivity contribution in [3.8, 4) is 5.75 Å². The van der Waals surface area contributed by atoms with Gasteiger partial charge in [-0.2, -0.15) is 11.8 Å². The van der Waals surface area contributed by atoms with E-state index in [-0.39, 0.29) is 18.5 Å². The van der Waals surface area contributed by atoms with Gasteiger partial charge in [0.25, 0.3) is 0 Å². The Bertz CT molecular complexity index is 826. The largest absolute Gasteiger partial charge is 0.509 e. The minimum Gasteiger partial charge on any atom is -0.497 e. The van der Waals surface area contributed by atoms with E-state index >= 15 is 0 Å². The third kappa shape index (κ3) is 7.66. The summed E-state index contributed by atoms with van der Waals surface area (Å²) in [5, 5.41) is 2.09. The van der Waals surface area contributed by atoms with Crippen molar-refractivity contribution >= 4 is 46.3 Å². The van der Waals surface area contributed by atoms with Gasteiger partial charge in [-0.25, -0.2) is 4.79 Å². The lowest BCUT2D eigenvalue weighted by Gasteiger charge is -2.13. The molecule has 0 spiro atoms. The standard InChI is InChI=1S/C21H25ClO6S/c1-14(16-4-5-18-13-19(25-3)7-6-17(18)12-16)20(23)26-8-10-29-11-9-27-21(24)28-15(2)22/h4-7,12-15H,8-11H2,1-3H3/t14-,15?/m0/s1. The second-order valence-corrected chi connectivity index (χ2v) is 8.07. The fraction of sp³-hybridized carbons (Fsp3) is 0.429. The summed E-state index contributed by atoms with van der Waals surface area (Å²) in [6.45, 7) is 3.86. The molecule has 0 saturated carbocycles. The van der Waals surface area contributed by atoms with Gasteiger partial charge in [-0.1, -0.05) is 35.9 Å². The molecule has 0 radical (unpaired) electrons. The number of esters is 1. The van der Waals surface area contributed by atoms with Crippen LogP contribution >= 0.6 is 23.4 Å². The number of fused-ring (bicyclic) bond motifs is 1. The third-order valence-corrected chi connectivity index (χ3v) is 5.10. The molecular formula is C21H25ClO6S. The minimum absolute atomic E-state index is 0.208. The molecule has 8 heteroatoms. The quantitative estimate of drug-likeness (QED) is 0.293. The Labute approximate surface area is 179 Å². The molecule has 0 amide bonds. The fourth-order valence-electron chi connectivity index (χ4n) is 2.55. The summed E-state index contributed by atoms with van der Waals surface area (Å²) in [6.07, 6.45) is -0.790. The molecule has 0 aliphatic rings. The lowest BCUT2D eigenvalue weighted by molar-refractivity contribution is -0.144. The molecule has 2 aromatic rings. The molecule has 0 aliphatic heterocycles. The van der Waals surface area contributed by atoms with E-state index in [4.69, 9.17) is 25.8 Å². The summed E-state index contributed by atoms with van der Waals surface area (Å²) < 4.78 is 20.1. The van der Waals surface area contributed by atoms with Crippen LogP contribution < -0.4 is 4.74 Å². The second kappa shape index (κ2) is 11.8. The third-order valence-electron chi connectivity index (χ3n) is 4.10. The monoisotopic (exact) mass is 440 g/mol. The Balaban J connectivity index is 1.71. The number of carbonyl (C=O) groups is 2. The summed E-state index contributed by atoms with van der Waals surface area (Å²) in [5.41, 5.74) is 0.183. The molecule has 29 heavy (non-hydrogen) atoms. The van der Waals surface area contributed by atoms with E-state index in [0.717, 1.165) is 22.1 Å². The predicted molar refractivity (Wildman–Crippen MR) is 115 cm³/mol. The van der Waals surface area contributed by atoms with E-state index in [1.807, 2.05) is 43.3 Å². The molecule has 0 N–H and O–H groups in total. The highest BCUT2D eigenvalue weighted by Gasteiger charge is 2.17. The Kier molecular flexibility index (Phi) is 9.41. The zero-order valence-corrected chi connectivity index (χ0v) is 18.3. The van der Waals surface area contributed by atoms with Crippen LogP contribution in [0.4, 0.5) is 4.79 Å². The highest BCUT2D eigenvalue weighted by atomic mass is 35.5. The van der Waals surface area contributed by atoms with Gasteiger partial charge < -0.3 is 18.9 Å². The van der Waals surface area contributed by atoms with Gasteiger partial charge in [0.15, 0.2) is 5.56 Å². The van der Waals surface area contributed by atoms with E-state index in [1.54, 1.807) is 7.11 Å². The van der Waals surface area contributed by atoms with Gasteiger partial charge in [0.1, 0.15) is 19.0 Å². The van der Waals surface area contributed by atoms with E-state index in [1.165, 1.54) is 18.7 Å². The maximum absolute atomic E-state index is 12.3. The molecule has 158 valence electrons. The Morgan fingerprint density at radius 1 is 1.00 bits per heavy atom. The number of rotatable bonds is 10. The minimum atomic E-state index is -0.790. The zero-order chi connectivity index (χ0) is 21.2. The van der Waals surface area contributed by atoms with Gasteiger partial charge in [-0.3, -0.25) is 4.79 Å². The highest BCUT2D eigenvalue weighted by Crippen LogP contribution is 2.25. The summed E-state index contributed by atoms with van der Waals surface area (Å²) in [7, 11) is 1.63. The van der Waals surface area contributed by atoms with Crippen LogP contribution in [0.2, 0.25) is 0 Å². The lowest BCUT2D eigenvalue weighted by atomic mass is 9.98. The number of alkyl halides is 1. The van der Waals surface area contributed by atoms with Crippen LogP contribution in [-0.2, 0) is 19.0 Å². The van der Waals surface area contributed by atoms with Gasteiger partial charge in [0, 0.05) is 11.5 Å². The first kappa shape index (κ1) is 23.2. The highest BCUT2D eigenvalue weighted by molar-refractivity contribution is 7.99. The number of hydrogen-bond acceptors (Lipinski definition) is 7. The molecule has 0 heterocycles. The average Bonchev–Trinajstić information content (AvgIpc) is 2.70. The number of ether oxygens (including phenoxy) is 4. The van der Waals surface area contributed by atoms with Gasteiger partial charge in [0.05, 0.1) is 13.0 Å². The summed E-state index contributed by atoms with van der Waals surface area (Å²) in [4.78, 5) is 23.5. The molecule has 0 bridgehead atoms. The van der Waals surface area contributed by atoms with Crippen LogP contribution in [0.3, 0.4) is 0 Å². The summed E-state index contributed by atoms with van der Waals surface area (Å²) in [5.74, 6) is 1.36. The smallest absolute Gasteiger partial charge is 0.497 e. The van der Waals surface area contributed by atoms with Crippen LogP contribution in [0.15, 0.2) is 36.4 Å². The van der Waals surface area contributed by atoms with Crippen molar-refractivity contribution in [1.29, 1.82) is 0 Å². The van der Waals surface area contributed by atoms with Crippen LogP contribution in [-0.4, -0.2) is 49.5 Å². The zero-order valence-electron chi connectivity index (χ0n) is 16.7. The molecule has 2 rings (SSSR count). The number of carbonyl (C=O) groups excluding carboxylic acids is 2. The van der Waals surface area contributed by atoms with Gasteiger partial charge in [0.2, 0.25) is 0 Å². The number of benzene rings is 2. The average molecular weight is 441 g/mol. The normalized spacial score (nSPS) is 12.8. The molecule has 2 atom stereocenters. The van der Waals surface area contributed by atoms with Crippen LogP contribution in [0.25, 0.3) is 10.8 Å². The molecule has 0 aromatic heterocycles. The first-order valence-corrected chi connectivity index (χ1v) is 10.8. The number of halogens is 1. The summed E-state index contributed by atoms with van der Waals surface area (Å²) >= 11 is 7.03. The van der Waals surface area contributed by atoms with Crippen LogP contribution in [0.5, 0.6) is 5.75 Å². The van der Waals surface area contributed by atoms with Gasteiger partial charge in [-0.05, 0) is 42.3 Å². The first-order valence-electron chi connectivity index (χ1n) is 9.20. The SMILES string of the molecule is COc1ccc2cc([C@H](C)C(=O)OCCSCCOC(=O)OC(C)Cl)ccc2c1. The van der Waals surface area contributed by atoms with Crippen LogP contribution in [0, 0.1) is 0 Å². The number of hydrogen-bond donors (Lipinski definition) is 0. The number of thioether (sulfide) groups is 1. The maximum atomic E-state index is 12.3. The topological polar surface area (TPSA) is 71.1 Å².